The lowest BCUT2D eigenvalue weighted by Gasteiger charge is -2.22. The van der Waals surface area contributed by atoms with Gasteiger partial charge in [-0.2, -0.15) is 0 Å². The van der Waals surface area contributed by atoms with Crippen molar-refractivity contribution >= 4 is 40.9 Å². The predicted octanol–water partition coefficient (Wildman–Crippen LogP) is 3.14. The van der Waals surface area contributed by atoms with Crippen LogP contribution in [0.4, 0.5) is 5.69 Å². The summed E-state index contributed by atoms with van der Waals surface area (Å²) in [6.07, 6.45) is 0.0892. The van der Waals surface area contributed by atoms with Crippen molar-refractivity contribution in [2.45, 2.75) is 11.6 Å². The van der Waals surface area contributed by atoms with Gasteiger partial charge in [-0.1, -0.05) is 53.7 Å². The molecule has 0 spiro atoms. The van der Waals surface area contributed by atoms with Gasteiger partial charge in [-0.05, 0) is 24.3 Å². The molecule has 0 aliphatic carbocycles. The predicted molar refractivity (Wildman–Crippen MR) is 115 cm³/mol. The number of amides is 2. The fraction of sp³-hybridized carbons (Fsp3) is 0.200. The summed E-state index contributed by atoms with van der Waals surface area (Å²) < 4.78 is 1.80. The minimum Gasteiger partial charge on any atom is -0.370 e. The lowest BCUT2D eigenvalue weighted by molar-refractivity contribution is -0.118. The second-order valence-electron chi connectivity index (χ2n) is 6.23. The first-order valence-corrected chi connectivity index (χ1v) is 10.2. The van der Waals surface area contributed by atoms with Crippen LogP contribution >= 0.6 is 23.4 Å². The molecule has 0 atom stereocenters. The van der Waals surface area contributed by atoms with Crippen LogP contribution in [0.15, 0.2) is 59.8 Å². The number of carbonyl (C=O) groups is 2. The van der Waals surface area contributed by atoms with Crippen molar-refractivity contribution < 1.29 is 9.59 Å². The number of rotatable bonds is 8. The van der Waals surface area contributed by atoms with E-state index in [0.717, 1.165) is 5.56 Å². The number of halogens is 1. The minimum atomic E-state index is -0.455. The highest BCUT2D eigenvalue weighted by molar-refractivity contribution is 7.99. The van der Waals surface area contributed by atoms with Gasteiger partial charge in [0.1, 0.15) is 0 Å². The molecule has 2 aromatic carbocycles. The highest BCUT2D eigenvalue weighted by atomic mass is 35.5. The molecular formula is C20H20ClN5O2S. The molecule has 3 rings (SSSR count). The summed E-state index contributed by atoms with van der Waals surface area (Å²) in [5, 5.41) is 9.57. The van der Waals surface area contributed by atoms with Crippen molar-refractivity contribution in [3.05, 3.63) is 59.6 Å². The molecule has 150 valence electrons. The zero-order valence-corrected chi connectivity index (χ0v) is 17.4. The molecule has 2 amide bonds. The van der Waals surface area contributed by atoms with Crippen molar-refractivity contribution in [1.82, 2.24) is 14.8 Å². The van der Waals surface area contributed by atoms with Gasteiger partial charge in [0, 0.05) is 31.3 Å². The van der Waals surface area contributed by atoms with E-state index >= 15 is 0 Å². The molecule has 2 N–H and O–H groups in total. The second-order valence-corrected chi connectivity index (χ2v) is 7.58. The monoisotopic (exact) mass is 429 g/mol. The molecule has 7 nitrogen and oxygen atoms in total. The molecule has 0 bridgehead atoms. The van der Waals surface area contributed by atoms with E-state index in [1.165, 1.54) is 11.8 Å². The molecule has 0 fully saturated rings. The van der Waals surface area contributed by atoms with Crippen LogP contribution in [0.1, 0.15) is 6.42 Å². The van der Waals surface area contributed by atoms with Crippen LogP contribution in [0.2, 0.25) is 5.02 Å². The van der Waals surface area contributed by atoms with Gasteiger partial charge in [0.2, 0.25) is 11.8 Å². The summed E-state index contributed by atoms with van der Waals surface area (Å²) in [5.74, 6) is 0.162. The number of primary amides is 1. The number of nitrogens with zero attached hydrogens (tertiary/aromatic N) is 4. The summed E-state index contributed by atoms with van der Waals surface area (Å²) in [4.78, 5) is 25.6. The Bertz CT molecular complexity index is 1010. The van der Waals surface area contributed by atoms with Crippen LogP contribution in [0.25, 0.3) is 11.4 Å². The summed E-state index contributed by atoms with van der Waals surface area (Å²) >= 11 is 7.52. The number of hydrogen-bond donors (Lipinski definition) is 1. The van der Waals surface area contributed by atoms with E-state index in [9.17, 15) is 9.59 Å². The van der Waals surface area contributed by atoms with Crippen molar-refractivity contribution in [1.29, 1.82) is 0 Å². The van der Waals surface area contributed by atoms with Crippen LogP contribution in [-0.2, 0) is 16.6 Å². The smallest absolute Gasteiger partial charge is 0.237 e. The molecule has 29 heavy (non-hydrogen) atoms. The molecular weight excluding hydrogens is 410 g/mol. The molecule has 0 saturated heterocycles. The summed E-state index contributed by atoms with van der Waals surface area (Å²) in [5.41, 5.74) is 6.75. The lowest BCUT2D eigenvalue weighted by Crippen LogP contribution is -2.35. The maximum atomic E-state index is 12.8. The lowest BCUT2D eigenvalue weighted by atomic mass is 10.2. The third-order valence-corrected chi connectivity index (χ3v) is 5.56. The second kappa shape index (κ2) is 9.58. The maximum Gasteiger partial charge on any atom is 0.237 e. The Morgan fingerprint density at radius 2 is 1.79 bits per heavy atom. The fourth-order valence-corrected chi connectivity index (χ4v) is 3.76. The normalized spacial score (nSPS) is 10.7. The Morgan fingerprint density at radius 1 is 1.10 bits per heavy atom. The number of anilines is 1. The molecule has 0 saturated carbocycles. The molecule has 1 aromatic heterocycles. The molecule has 0 radical (unpaired) electrons. The Hall–Kier alpha value is -2.84. The van der Waals surface area contributed by atoms with E-state index in [2.05, 4.69) is 10.2 Å². The first-order chi connectivity index (χ1) is 14.0. The number of carbonyl (C=O) groups excluding carboxylic acids is 2. The molecule has 9 heteroatoms. The average molecular weight is 430 g/mol. The molecule has 3 aromatic rings. The van der Waals surface area contributed by atoms with Gasteiger partial charge < -0.3 is 15.2 Å². The molecule has 0 aliphatic rings. The highest BCUT2D eigenvalue weighted by Crippen LogP contribution is 2.28. The van der Waals surface area contributed by atoms with E-state index in [1.807, 2.05) is 55.6 Å². The van der Waals surface area contributed by atoms with Gasteiger partial charge in [-0.25, -0.2) is 0 Å². The quantitative estimate of drug-likeness (QED) is 0.555. The van der Waals surface area contributed by atoms with E-state index < -0.39 is 5.91 Å². The number of aromatic nitrogens is 3. The highest BCUT2D eigenvalue weighted by Gasteiger charge is 2.19. The number of benzene rings is 2. The Balaban J connectivity index is 1.73. The largest absolute Gasteiger partial charge is 0.370 e. The number of para-hydroxylation sites is 1. The number of thioether (sulfide) groups is 1. The third kappa shape index (κ3) is 5.16. The summed E-state index contributed by atoms with van der Waals surface area (Å²) in [6, 6.07) is 16.6. The van der Waals surface area contributed by atoms with Gasteiger partial charge in [0.25, 0.3) is 0 Å². The topological polar surface area (TPSA) is 94.1 Å². The average Bonchev–Trinajstić information content (AvgIpc) is 3.08. The zero-order valence-electron chi connectivity index (χ0n) is 15.8. The van der Waals surface area contributed by atoms with Gasteiger partial charge in [-0.15, -0.1) is 10.2 Å². The van der Waals surface area contributed by atoms with Crippen LogP contribution in [0, 0.1) is 0 Å². The fourth-order valence-electron chi connectivity index (χ4n) is 2.75. The van der Waals surface area contributed by atoms with Crippen molar-refractivity contribution in [2.24, 2.45) is 12.8 Å². The summed E-state index contributed by atoms with van der Waals surface area (Å²) in [7, 11) is 1.83. The first-order valence-electron chi connectivity index (χ1n) is 8.88. The zero-order chi connectivity index (χ0) is 20.8. The number of hydrogen-bond acceptors (Lipinski definition) is 5. The van der Waals surface area contributed by atoms with Crippen molar-refractivity contribution in [3.63, 3.8) is 0 Å². The van der Waals surface area contributed by atoms with Crippen LogP contribution in [-0.4, -0.2) is 38.9 Å². The Kier molecular flexibility index (Phi) is 6.90. The van der Waals surface area contributed by atoms with Gasteiger partial charge in [0.05, 0.1) is 10.8 Å². The maximum absolute atomic E-state index is 12.8. The van der Waals surface area contributed by atoms with E-state index in [4.69, 9.17) is 17.3 Å². The van der Waals surface area contributed by atoms with Gasteiger partial charge >= 0.3 is 0 Å². The van der Waals surface area contributed by atoms with Crippen molar-refractivity contribution in [3.8, 4) is 11.4 Å². The molecule has 0 unspecified atom stereocenters. The minimum absolute atomic E-state index is 0.0892. The number of nitrogens with two attached hydrogens (primary N) is 1. The third-order valence-electron chi connectivity index (χ3n) is 4.23. The molecule has 0 aliphatic heterocycles. The van der Waals surface area contributed by atoms with E-state index in [-0.39, 0.29) is 24.6 Å². The first kappa shape index (κ1) is 20.9. The van der Waals surface area contributed by atoms with Crippen LogP contribution in [0.5, 0.6) is 0 Å². The van der Waals surface area contributed by atoms with Gasteiger partial charge in [0.15, 0.2) is 11.0 Å². The SMILES string of the molecule is Cn1c(SCC(=O)N(CCC(N)=O)c2ccccc2)nnc1-c1ccccc1Cl. The van der Waals surface area contributed by atoms with E-state index in [0.29, 0.717) is 21.7 Å². The van der Waals surface area contributed by atoms with E-state index in [1.54, 1.807) is 15.5 Å². The van der Waals surface area contributed by atoms with Crippen molar-refractivity contribution in [2.75, 3.05) is 17.2 Å². The van der Waals surface area contributed by atoms with Crippen LogP contribution in [0.3, 0.4) is 0 Å². The Labute approximate surface area is 177 Å². The molecule has 1 heterocycles. The van der Waals surface area contributed by atoms with Gasteiger partial charge in [-0.3, -0.25) is 9.59 Å². The Morgan fingerprint density at radius 3 is 2.48 bits per heavy atom. The standard InChI is InChI=1S/C20H20ClN5O2S/c1-25-19(15-9-5-6-10-16(15)21)23-24-20(25)29-13-18(28)26(12-11-17(22)27)14-7-3-2-4-8-14/h2-10H,11-13H2,1H3,(H2,22,27). The van der Waals surface area contributed by atoms with Crippen LogP contribution < -0.4 is 10.6 Å². The summed E-state index contributed by atoms with van der Waals surface area (Å²) in [6.45, 7) is 0.225.